The van der Waals surface area contributed by atoms with Crippen molar-refractivity contribution in [2.75, 3.05) is 0 Å². The number of rotatable bonds is 8. The minimum atomic E-state index is -0.786. The lowest BCUT2D eigenvalue weighted by molar-refractivity contribution is -0.154. The summed E-state index contributed by atoms with van der Waals surface area (Å²) in [5, 5.41) is 0. The first-order chi connectivity index (χ1) is 13.3. The summed E-state index contributed by atoms with van der Waals surface area (Å²) in [6.07, 6.45) is 2.17. The Balaban J connectivity index is 2.10. The molecular formula is C24H25NO2. The van der Waals surface area contributed by atoms with Crippen molar-refractivity contribution in [2.45, 2.75) is 31.7 Å². The highest BCUT2D eigenvalue weighted by Gasteiger charge is 2.37. The zero-order valence-electron chi connectivity index (χ0n) is 15.6. The zero-order valence-corrected chi connectivity index (χ0v) is 15.6. The second-order valence-corrected chi connectivity index (χ2v) is 6.53. The Morgan fingerprint density at radius 1 is 0.778 bits per heavy atom. The van der Waals surface area contributed by atoms with E-state index in [0.29, 0.717) is 6.42 Å². The quantitative estimate of drug-likeness (QED) is 0.443. The largest absolute Gasteiger partial charge is 0.369 e. The topological polar surface area (TPSA) is 38.3 Å². The van der Waals surface area contributed by atoms with Crippen LogP contribution < -0.4 is 5.48 Å². The lowest BCUT2D eigenvalue weighted by Crippen LogP contribution is -2.45. The summed E-state index contributed by atoms with van der Waals surface area (Å²) >= 11 is 0. The molecule has 138 valence electrons. The van der Waals surface area contributed by atoms with Crippen molar-refractivity contribution < 1.29 is 9.63 Å². The summed E-state index contributed by atoms with van der Waals surface area (Å²) in [5.41, 5.74) is 5.37. The highest BCUT2D eigenvalue weighted by molar-refractivity contribution is 5.69. The Bertz CT molecular complexity index is 735. The maximum absolute atomic E-state index is 12.3. The fourth-order valence-corrected chi connectivity index (χ4v) is 3.25. The first-order valence-electron chi connectivity index (χ1n) is 9.41. The third-order valence-electron chi connectivity index (χ3n) is 4.67. The fraction of sp³-hybridized carbons (Fsp3) is 0.208. The van der Waals surface area contributed by atoms with Crippen LogP contribution in [0, 0.1) is 0 Å². The summed E-state index contributed by atoms with van der Waals surface area (Å²) in [6.45, 7) is 2.06. The average Bonchev–Trinajstić information content (AvgIpc) is 2.75. The van der Waals surface area contributed by atoms with E-state index in [0.717, 1.165) is 29.5 Å². The van der Waals surface area contributed by atoms with E-state index in [1.54, 1.807) is 0 Å². The molecule has 3 heteroatoms. The van der Waals surface area contributed by atoms with Crippen LogP contribution in [0.1, 0.15) is 42.9 Å². The monoisotopic (exact) mass is 359 g/mol. The zero-order chi connectivity index (χ0) is 19.0. The Kier molecular flexibility index (Phi) is 6.39. The van der Waals surface area contributed by atoms with Crippen molar-refractivity contribution in [1.82, 2.24) is 5.48 Å². The van der Waals surface area contributed by atoms with Gasteiger partial charge in [0.05, 0.1) is 0 Å². The average molecular weight is 359 g/mol. The molecule has 0 amide bonds. The first-order valence-corrected chi connectivity index (χ1v) is 9.41. The molecule has 0 atom stereocenters. The van der Waals surface area contributed by atoms with Crippen LogP contribution in [0.15, 0.2) is 91.0 Å². The number of hydrogen-bond acceptors (Lipinski definition) is 3. The molecule has 0 spiro atoms. The maximum atomic E-state index is 12.3. The molecule has 0 radical (unpaired) electrons. The van der Waals surface area contributed by atoms with Crippen molar-refractivity contribution in [3.8, 4) is 0 Å². The van der Waals surface area contributed by atoms with Gasteiger partial charge in [0.15, 0.2) is 0 Å². The molecule has 3 aromatic carbocycles. The predicted molar refractivity (Wildman–Crippen MR) is 108 cm³/mol. The third kappa shape index (κ3) is 4.26. The predicted octanol–water partition coefficient (Wildman–Crippen LogP) is 5.22. The van der Waals surface area contributed by atoms with Crippen molar-refractivity contribution in [1.29, 1.82) is 0 Å². The second kappa shape index (κ2) is 9.15. The molecule has 0 saturated heterocycles. The molecule has 0 aliphatic heterocycles. The minimum absolute atomic E-state index is 0.246. The van der Waals surface area contributed by atoms with Crippen LogP contribution in [-0.4, -0.2) is 5.97 Å². The normalized spacial score (nSPS) is 11.1. The van der Waals surface area contributed by atoms with Gasteiger partial charge in [-0.3, -0.25) is 4.79 Å². The van der Waals surface area contributed by atoms with E-state index < -0.39 is 5.54 Å². The van der Waals surface area contributed by atoms with Crippen LogP contribution in [0.5, 0.6) is 0 Å². The van der Waals surface area contributed by atoms with Gasteiger partial charge in [-0.25, -0.2) is 0 Å². The maximum Gasteiger partial charge on any atom is 0.324 e. The molecule has 1 N–H and O–H groups in total. The van der Waals surface area contributed by atoms with Gasteiger partial charge in [0, 0.05) is 6.42 Å². The van der Waals surface area contributed by atoms with Gasteiger partial charge in [-0.1, -0.05) is 104 Å². The Morgan fingerprint density at radius 3 is 1.56 bits per heavy atom. The molecule has 0 aromatic heterocycles. The van der Waals surface area contributed by atoms with Gasteiger partial charge in [-0.2, -0.15) is 0 Å². The van der Waals surface area contributed by atoms with E-state index in [1.807, 2.05) is 91.0 Å². The molecule has 0 bridgehead atoms. The molecule has 0 unspecified atom stereocenters. The van der Waals surface area contributed by atoms with Crippen molar-refractivity contribution in [2.24, 2.45) is 0 Å². The number of carbonyl (C=O) groups is 1. The van der Waals surface area contributed by atoms with Crippen LogP contribution in [0.2, 0.25) is 0 Å². The molecule has 3 nitrogen and oxygen atoms in total. The Morgan fingerprint density at radius 2 is 1.19 bits per heavy atom. The Hall–Kier alpha value is -2.91. The molecule has 0 aliphatic carbocycles. The molecule has 3 aromatic rings. The van der Waals surface area contributed by atoms with E-state index in [9.17, 15) is 4.79 Å². The summed E-state index contributed by atoms with van der Waals surface area (Å²) < 4.78 is 0. The van der Waals surface area contributed by atoms with Crippen molar-refractivity contribution >= 4 is 5.97 Å². The summed E-state index contributed by atoms with van der Waals surface area (Å²) in [4.78, 5) is 17.8. The lowest BCUT2D eigenvalue weighted by atomic mass is 9.78. The molecule has 0 heterocycles. The van der Waals surface area contributed by atoms with Gasteiger partial charge in [0.25, 0.3) is 0 Å². The standard InChI is InChI=1S/C24H25NO2/c1-2-3-19-23(26)27-25-24(20-13-7-4-8-14-20,21-15-9-5-10-16-21)22-17-11-6-12-18-22/h4-18,25H,2-3,19H2,1H3. The highest BCUT2D eigenvalue weighted by Crippen LogP contribution is 2.36. The van der Waals surface area contributed by atoms with E-state index in [4.69, 9.17) is 4.84 Å². The van der Waals surface area contributed by atoms with Gasteiger partial charge in [-0.05, 0) is 23.1 Å². The van der Waals surface area contributed by atoms with E-state index in [1.165, 1.54) is 0 Å². The molecule has 3 rings (SSSR count). The van der Waals surface area contributed by atoms with E-state index in [2.05, 4.69) is 12.4 Å². The number of unbranched alkanes of at least 4 members (excludes halogenated alkanes) is 1. The third-order valence-corrected chi connectivity index (χ3v) is 4.67. The van der Waals surface area contributed by atoms with Gasteiger partial charge in [-0.15, -0.1) is 5.48 Å². The molecular weight excluding hydrogens is 334 g/mol. The molecule has 27 heavy (non-hydrogen) atoms. The van der Waals surface area contributed by atoms with Crippen LogP contribution >= 0.6 is 0 Å². The molecule has 0 aliphatic rings. The van der Waals surface area contributed by atoms with Gasteiger partial charge < -0.3 is 4.84 Å². The number of carbonyl (C=O) groups excluding carboxylic acids is 1. The summed E-state index contributed by atoms with van der Waals surface area (Å²) in [7, 11) is 0. The number of nitrogens with one attached hydrogen (secondary N) is 1. The first kappa shape index (κ1) is 18.9. The summed E-state index contributed by atoms with van der Waals surface area (Å²) in [5.74, 6) is -0.246. The van der Waals surface area contributed by atoms with Gasteiger partial charge in [0.2, 0.25) is 0 Å². The number of benzene rings is 3. The summed E-state index contributed by atoms with van der Waals surface area (Å²) in [6, 6.07) is 30.2. The number of hydrogen-bond donors (Lipinski definition) is 1. The fourth-order valence-electron chi connectivity index (χ4n) is 3.25. The van der Waals surface area contributed by atoms with Crippen molar-refractivity contribution in [3.63, 3.8) is 0 Å². The van der Waals surface area contributed by atoms with Crippen LogP contribution in [0.3, 0.4) is 0 Å². The van der Waals surface area contributed by atoms with Crippen LogP contribution in [0.4, 0.5) is 0 Å². The molecule has 0 fully saturated rings. The number of hydroxylamine groups is 1. The SMILES string of the molecule is CCCCC(=O)ONC(c1ccccc1)(c1ccccc1)c1ccccc1. The molecule has 0 saturated carbocycles. The highest BCUT2D eigenvalue weighted by atomic mass is 16.7. The van der Waals surface area contributed by atoms with Gasteiger partial charge >= 0.3 is 5.97 Å². The Labute approximate surface area is 161 Å². The smallest absolute Gasteiger partial charge is 0.324 e. The second-order valence-electron chi connectivity index (χ2n) is 6.53. The van der Waals surface area contributed by atoms with E-state index >= 15 is 0 Å². The van der Waals surface area contributed by atoms with Crippen LogP contribution in [0.25, 0.3) is 0 Å². The minimum Gasteiger partial charge on any atom is -0.369 e. The lowest BCUT2D eigenvalue weighted by Gasteiger charge is -2.35. The van der Waals surface area contributed by atoms with E-state index in [-0.39, 0.29) is 5.97 Å². The van der Waals surface area contributed by atoms with Gasteiger partial charge in [0.1, 0.15) is 5.54 Å². The van der Waals surface area contributed by atoms with Crippen LogP contribution in [-0.2, 0) is 15.2 Å². The van der Waals surface area contributed by atoms with Crippen molar-refractivity contribution in [3.05, 3.63) is 108 Å².